The van der Waals surface area contributed by atoms with E-state index in [1.54, 1.807) is 0 Å². The molecule has 0 fully saturated rings. The summed E-state index contributed by atoms with van der Waals surface area (Å²) in [4.78, 5) is 4.19. The number of rotatable bonds is 38. The van der Waals surface area contributed by atoms with E-state index in [-0.39, 0.29) is 0 Å². The molecule has 0 amide bonds. The van der Waals surface area contributed by atoms with Gasteiger partial charge in [0.15, 0.2) is 11.5 Å². The summed E-state index contributed by atoms with van der Waals surface area (Å²) >= 11 is 0. The average molecular weight is 734 g/mol. The Bertz CT molecular complexity index is 1100. The van der Waals surface area contributed by atoms with Gasteiger partial charge in [0, 0.05) is 18.0 Å². The van der Waals surface area contributed by atoms with Gasteiger partial charge < -0.3 is 14.2 Å². The molecule has 2 aromatic rings. The first kappa shape index (κ1) is 46.7. The highest BCUT2D eigenvalue weighted by Gasteiger charge is 2.17. The van der Waals surface area contributed by atoms with Crippen molar-refractivity contribution in [3.8, 4) is 17.2 Å². The Morgan fingerprint density at radius 1 is 0.377 bits per heavy atom. The molecule has 4 nitrogen and oxygen atoms in total. The van der Waals surface area contributed by atoms with Crippen LogP contribution in [0, 0.1) is 0 Å². The van der Waals surface area contributed by atoms with Crippen LogP contribution in [0.4, 0.5) is 0 Å². The molecule has 0 aliphatic rings. The topological polar surface area (TPSA) is 40.6 Å². The zero-order valence-electron chi connectivity index (χ0n) is 35.1. The van der Waals surface area contributed by atoms with Gasteiger partial charge in [-0.15, -0.1) is 0 Å². The number of benzene rings is 1. The van der Waals surface area contributed by atoms with Gasteiger partial charge in [-0.1, -0.05) is 206 Å². The van der Waals surface area contributed by atoms with E-state index in [0.29, 0.717) is 13.2 Å². The second-order valence-corrected chi connectivity index (χ2v) is 15.5. The summed E-state index contributed by atoms with van der Waals surface area (Å²) in [7, 11) is 0. The lowest BCUT2D eigenvalue weighted by atomic mass is 10.1. The van der Waals surface area contributed by atoms with Gasteiger partial charge in [0.25, 0.3) is 0 Å². The van der Waals surface area contributed by atoms with Gasteiger partial charge >= 0.3 is 0 Å². The first-order valence-corrected chi connectivity index (χ1v) is 22.9. The standard InChI is InChI=1S/C49H83NO3/c1-4-7-10-13-16-19-22-25-28-31-42-51-47-37-36-46(35-34-45-38-40-50-41-39-45)48(52-43-32-29-26-23-20-17-14-11-8-5-2)49(47)53-44-33-30-27-24-21-18-15-12-9-6-3/h34-41H,4-33,42-44H2,1-3H3/b35-34+. The van der Waals surface area contributed by atoms with Crippen LogP contribution in [0.5, 0.6) is 17.2 Å². The molecular formula is C49H83NO3. The predicted molar refractivity (Wildman–Crippen MR) is 232 cm³/mol. The fraction of sp³-hybridized carbons (Fsp3) is 0.735. The second-order valence-electron chi connectivity index (χ2n) is 15.5. The predicted octanol–water partition coefficient (Wildman–Crippen LogP) is 16.2. The highest BCUT2D eigenvalue weighted by Crippen LogP contribution is 2.42. The van der Waals surface area contributed by atoms with Gasteiger partial charge in [0.05, 0.1) is 19.8 Å². The highest BCUT2D eigenvalue weighted by molar-refractivity contribution is 5.75. The van der Waals surface area contributed by atoms with Gasteiger partial charge in [-0.3, -0.25) is 4.98 Å². The van der Waals surface area contributed by atoms with E-state index in [0.717, 1.165) is 54.2 Å². The smallest absolute Gasteiger partial charge is 0.204 e. The number of hydrogen-bond acceptors (Lipinski definition) is 4. The Morgan fingerprint density at radius 2 is 0.736 bits per heavy atom. The molecule has 0 bridgehead atoms. The van der Waals surface area contributed by atoms with Crippen LogP contribution in [0.3, 0.4) is 0 Å². The van der Waals surface area contributed by atoms with Gasteiger partial charge in [0.1, 0.15) is 0 Å². The lowest BCUT2D eigenvalue weighted by Crippen LogP contribution is -2.07. The van der Waals surface area contributed by atoms with Crippen molar-refractivity contribution in [2.24, 2.45) is 0 Å². The maximum Gasteiger partial charge on any atom is 0.204 e. The molecule has 53 heavy (non-hydrogen) atoms. The third kappa shape index (κ3) is 25.3. The first-order valence-electron chi connectivity index (χ1n) is 22.9. The molecule has 1 aromatic heterocycles. The Hall–Kier alpha value is -2.49. The molecule has 302 valence electrons. The van der Waals surface area contributed by atoms with Crippen molar-refractivity contribution in [3.63, 3.8) is 0 Å². The minimum absolute atomic E-state index is 0.692. The van der Waals surface area contributed by atoms with Crippen LogP contribution >= 0.6 is 0 Å². The third-order valence-corrected chi connectivity index (χ3v) is 10.5. The summed E-state index contributed by atoms with van der Waals surface area (Å²) in [5, 5.41) is 0. The van der Waals surface area contributed by atoms with Gasteiger partial charge in [-0.25, -0.2) is 0 Å². The highest BCUT2D eigenvalue weighted by atomic mass is 16.5. The number of unbranched alkanes of at least 4 members (excludes halogenated alkanes) is 27. The van der Waals surface area contributed by atoms with Crippen LogP contribution in [0.1, 0.15) is 225 Å². The molecule has 0 radical (unpaired) electrons. The number of pyridine rings is 1. The van der Waals surface area contributed by atoms with E-state index >= 15 is 0 Å². The average Bonchev–Trinajstić information content (AvgIpc) is 3.18. The van der Waals surface area contributed by atoms with E-state index in [1.807, 2.05) is 24.5 Å². The van der Waals surface area contributed by atoms with Gasteiger partial charge in [-0.2, -0.15) is 0 Å². The molecule has 1 aromatic carbocycles. The molecule has 2 rings (SSSR count). The fourth-order valence-electron chi connectivity index (χ4n) is 7.05. The molecule has 0 saturated heterocycles. The number of nitrogens with zero attached hydrogens (tertiary/aromatic N) is 1. The van der Waals surface area contributed by atoms with E-state index in [1.165, 1.54) is 173 Å². The largest absolute Gasteiger partial charge is 0.490 e. The summed E-state index contributed by atoms with van der Waals surface area (Å²) in [6, 6.07) is 8.32. The van der Waals surface area contributed by atoms with Crippen molar-refractivity contribution in [2.45, 2.75) is 213 Å². The number of aromatic nitrogens is 1. The van der Waals surface area contributed by atoms with Gasteiger partial charge in [-0.05, 0) is 49.1 Å². The number of ether oxygens (including phenoxy) is 3. The van der Waals surface area contributed by atoms with Crippen molar-refractivity contribution in [1.82, 2.24) is 4.98 Å². The van der Waals surface area contributed by atoms with Crippen molar-refractivity contribution in [1.29, 1.82) is 0 Å². The minimum atomic E-state index is 0.692. The second kappa shape index (κ2) is 35.2. The normalized spacial score (nSPS) is 11.5. The van der Waals surface area contributed by atoms with E-state index in [4.69, 9.17) is 14.2 Å². The van der Waals surface area contributed by atoms with Crippen LogP contribution in [-0.4, -0.2) is 24.8 Å². The zero-order valence-corrected chi connectivity index (χ0v) is 35.1. The van der Waals surface area contributed by atoms with Gasteiger partial charge in [0.2, 0.25) is 5.75 Å². The quantitative estimate of drug-likeness (QED) is 0.0644. The molecule has 0 atom stereocenters. The first-order chi connectivity index (χ1) is 26.3. The Kier molecular flexibility index (Phi) is 31.0. The van der Waals surface area contributed by atoms with E-state index in [9.17, 15) is 0 Å². The maximum absolute atomic E-state index is 6.66. The lowest BCUT2D eigenvalue weighted by Gasteiger charge is -2.19. The molecule has 1 heterocycles. The number of hydrogen-bond donors (Lipinski definition) is 0. The maximum atomic E-state index is 6.66. The third-order valence-electron chi connectivity index (χ3n) is 10.5. The minimum Gasteiger partial charge on any atom is -0.490 e. The molecule has 0 N–H and O–H groups in total. The molecule has 0 saturated carbocycles. The summed E-state index contributed by atoms with van der Waals surface area (Å²) in [5.41, 5.74) is 2.16. The summed E-state index contributed by atoms with van der Waals surface area (Å²) < 4.78 is 19.8. The van der Waals surface area contributed by atoms with Crippen LogP contribution < -0.4 is 14.2 Å². The SMILES string of the molecule is CCCCCCCCCCCCOc1ccc(/C=C/c2ccncc2)c(OCCCCCCCCCCCC)c1OCCCCCCCCCCCC. The fourth-order valence-corrected chi connectivity index (χ4v) is 7.05. The molecule has 0 aliphatic carbocycles. The Balaban J connectivity index is 2.00. The molecule has 0 spiro atoms. The van der Waals surface area contributed by atoms with Crippen molar-refractivity contribution >= 4 is 12.2 Å². The monoisotopic (exact) mass is 734 g/mol. The molecule has 4 heteroatoms. The van der Waals surface area contributed by atoms with E-state index in [2.05, 4.69) is 50.0 Å². The van der Waals surface area contributed by atoms with Crippen LogP contribution in [0.2, 0.25) is 0 Å². The zero-order chi connectivity index (χ0) is 37.7. The summed E-state index contributed by atoms with van der Waals surface area (Å²) in [6.45, 7) is 8.98. The van der Waals surface area contributed by atoms with E-state index < -0.39 is 0 Å². The van der Waals surface area contributed by atoms with Crippen molar-refractivity contribution < 1.29 is 14.2 Å². The summed E-state index contributed by atoms with van der Waals surface area (Å²) in [6.07, 6.45) is 47.5. The summed E-state index contributed by atoms with van der Waals surface area (Å²) in [5.74, 6) is 2.45. The molecule has 0 aliphatic heterocycles. The van der Waals surface area contributed by atoms with Crippen LogP contribution in [0.15, 0.2) is 36.7 Å². The Morgan fingerprint density at radius 3 is 1.15 bits per heavy atom. The van der Waals surface area contributed by atoms with Crippen molar-refractivity contribution in [3.05, 3.63) is 47.8 Å². The molecular weight excluding hydrogens is 651 g/mol. The lowest BCUT2D eigenvalue weighted by molar-refractivity contribution is 0.234. The van der Waals surface area contributed by atoms with Crippen molar-refractivity contribution in [2.75, 3.05) is 19.8 Å². The van der Waals surface area contributed by atoms with Crippen LogP contribution in [-0.2, 0) is 0 Å². The molecule has 0 unspecified atom stereocenters. The van der Waals surface area contributed by atoms with Crippen LogP contribution in [0.25, 0.3) is 12.2 Å². The Labute approximate surface area is 328 Å².